The molecule has 1 aromatic carbocycles. The van der Waals surface area contributed by atoms with Crippen molar-refractivity contribution in [2.45, 2.75) is 38.0 Å². The molecule has 0 radical (unpaired) electrons. The third kappa shape index (κ3) is 4.26. The molecule has 2 saturated carbocycles. The number of hydrogen-bond donors (Lipinski definition) is 2. The van der Waals surface area contributed by atoms with Gasteiger partial charge in [0.05, 0.1) is 12.4 Å². The van der Waals surface area contributed by atoms with E-state index in [4.69, 9.17) is 4.74 Å². The SMILES string of the molecule is O=C(Nc1cnc(Oc2ccc(F)cc2)cn1)[C@@H]1C[C@]12CCC[C@@H](c1ccc(=O)[nH]c1)C2. The van der Waals surface area contributed by atoms with Gasteiger partial charge in [-0.15, -0.1) is 0 Å². The monoisotopic (exact) mass is 434 g/mol. The molecule has 0 bridgehead atoms. The highest BCUT2D eigenvalue weighted by atomic mass is 19.1. The number of aromatic nitrogens is 3. The summed E-state index contributed by atoms with van der Waals surface area (Å²) in [6, 6.07) is 9.07. The third-order valence-electron chi connectivity index (χ3n) is 6.58. The average molecular weight is 434 g/mol. The number of nitrogens with zero attached hydrogens (tertiary/aromatic N) is 2. The Labute approximate surface area is 184 Å². The predicted molar refractivity (Wildman–Crippen MR) is 116 cm³/mol. The highest BCUT2D eigenvalue weighted by molar-refractivity contribution is 5.94. The Morgan fingerprint density at radius 2 is 1.97 bits per heavy atom. The van der Waals surface area contributed by atoms with E-state index in [1.54, 1.807) is 12.3 Å². The van der Waals surface area contributed by atoms with Crippen molar-refractivity contribution in [2.24, 2.45) is 11.3 Å². The lowest BCUT2D eigenvalue weighted by Crippen LogP contribution is -2.24. The molecule has 2 heterocycles. The van der Waals surface area contributed by atoms with E-state index >= 15 is 0 Å². The smallest absolute Gasteiger partial charge is 0.247 e. The second kappa shape index (κ2) is 8.18. The van der Waals surface area contributed by atoms with Crippen molar-refractivity contribution >= 4 is 11.7 Å². The number of carbonyl (C=O) groups excluding carboxylic acids is 1. The fraction of sp³-hybridized carbons (Fsp3) is 0.333. The van der Waals surface area contributed by atoms with Crippen LogP contribution in [0.15, 0.2) is 59.8 Å². The molecule has 8 heteroatoms. The summed E-state index contributed by atoms with van der Waals surface area (Å²) in [5.74, 6) is 1.03. The van der Waals surface area contributed by atoms with Crippen LogP contribution in [0.25, 0.3) is 0 Å². The second-order valence-corrected chi connectivity index (χ2v) is 8.68. The Morgan fingerprint density at radius 3 is 2.69 bits per heavy atom. The Hall–Kier alpha value is -3.55. The summed E-state index contributed by atoms with van der Waals surface area (Å²) < 4.78 is 18.5. The van der Waals surface area contributed by atoms with Gasteiger partial charge in [-0.25, -0.2) is 14.4 Å². The Balaban J connectivity index is 1.19. The standard InChI is InChI=1S/C24H23FN4O3/c25-17-4-6-18(7-5-17)32-22-14-26-20(13-28-22)29-23(31)19-11-24(19)9-1-2-15(10-24)16-3-8-21(30)27-12-16/h3-8,12-15,19H,1-2,9-11H2,(H,27,30)(H,26,29,31)/t15-,19+,24-/m1/s1. The lowest BCUT2D eigenvalue weighted by Gasteiger charge is -2.30. The summed E-state index contributed by atoms with van der Waals surface area (Å²) in [6.07, 6.45) is 9.69. The van der Waals surface area contributed by atoms with Crippen LogP contribution in [-0.4, -0.2) is 20.9 Å². The number of hydrogen-bond acceptors (Lipinski definition) is 5. The van der Waals surface area contributed by atoms with E-state index in [-0.39, 0.29) is 34.5 Å². The largest absolute Gasteiger partial charge is 0.438 e. The third-order valence-corrected chi connectivity index (χ3v) is 6.58. The van der Waals surface area contributed by atoms with Crippen molar-refractivity contribution in [3.8, 4) is 11.6 Å². The zero-order chi connectivity index (χ0) is 22.1. The molecule has 164 valence electrons. The molecule has 3 aromatic rings. The molecule has 2 aliphatic carbocycles. The summed E-state index contributed by atoms with van der Waals surface area (Å²) >= 11 is 0. The summed E-state index contributed by atoms with van der Waals surface area (Å²) in [5, 5.41) is 2.87. The van der Waals surface area contributed by atoms with Crippen LogP contribution in [0.1, 0.15) is 43.6 Å². The number of pyridine rings is 1. The van der Waals surface area contributed by atoms with Gasteiger partial charge in [0.25, 0.3) is 0 Å². The van der Waals surface area contributed by atoms with Crippen LogP contribution in [-0.2, 0) is 4.79 Å². The number of carbonyl (C=O) groups is 1. The van der Waals surface area contributed by atoms with Crippen LogP contribution in [0.4, 0.5) is 10.2 Å². The minimum absolute atomic E-state index is 0.0300. The lowest BCUT2D eigenvalue weighted by molar-refractivity contribution is -0.118. The van der Waals surface area contributed by atoms with Crippen molar-refractivity contribution in [2.75, 3.05) is 5.32 Å². The minimum atomic E-state index is -0.345. The number of ether oxygens (including phenoxy) is 1. The van der Waals surface area contributed by atoms with Gasteiger partial charge in [-0.2, -0.15) is 0 Å². The van der Waals surface area contributed by atoms with Crippen LogP contribution < -0.4 is 15.6 Å². The maximum atomic E-state index is 13.0. The van der Waals surface area contributed by atoms with Crippen LogP contribution >= 0.6 is 0 Å². The molecule has 3 atom stereocenters. The van der Waals surface area contributed by atoms with E-state index in [1.807, 2.05) is 6.07 Å². The molecule has 7 nitrogen and oxygen atoms in total. The molecule has 0 aliphatic heterocycles. The van der Waals surface area contributed by atoms with Crippen LogP contribution in [0.3, 0.4) is 0 Å². The molecule has 2 N–H and O–H groups in total. The number of aromatic amines is 1. The van der Waals surface area contributed by atoms with E-state index < -0.39 is 0 Å². The fourth-order valence-electron chi connectivity index (χ4n) is 4.85. The second-order valence-electron chi connectivity index (χ2n) is 8.68. The summed E-state index contributed by atoms with van der Waals surface area (Å²) in [7, 11) is 0. The van der Waals surface area contributed by atoms with Crippen molar-refractivity contribution in [1.82, 2.24) is 15.0 Å². The number of rotatable bonds is 5. The lowest BCUT2D eigenvalue weighted by atomic mass is 9.75. The van der Waals surface area contributed by atoms with E-state index in [1.165, 1.54) is 36.7 Å². The van der Waals surface area contributed by atoms with Gasteiger partial charge in [-0.1, -0.05) is 12.5 Å². The summed E-state index contributed by atoms with van der Waals surface area (Å²) in [6.45, 7) is 0. The summed E-state index contributed by atoms with van der Waals surface area (Å²) in [5.41, 5.74) is 1.07. The van der Waals surface area contributed by atoms with Crippen LogP contribution in [0.5, 0.6) is 11.6 Å². The topological polar surface area (TPSA) is 97.0 Å². The van der Waals surface area contributed by atoms with E-state index in [0.717, 1.165) is 37.7 Å². The van der Waals surface area contributed by atoms with Gasteiger partial charge < -0.3 is 15.0 Å². The molecule has 2 aromatic heterocycles. The predicted octanol–water partition coefficient (Wildman–Crippen LogP) is 4.40. The zero-order valence-corrected chi connectivity index (χ0v) is 17.4. The van der Waals surface area contributed by atoms with Crippen molar-refractivity contribution in [3.05, 3.63) is 76.7 Å². The molecular weight excluding hydrogens is 411 g/mol. The van der Waals surface area contributed by atoms with E-state index in [0.29, 0.717) is 17.5 Å². The van der Waals surface area contributed by atoms with Gasteiger partial charge in [-0.05, 0) is 66.8 Å². The maximum Gasteiger partial charge on any atom is 0.247 e. The first-order chi connectivity index (χ1) is 15.5. The quantitative estimate of drug-likeness (QED) is 0.620. The molecule has 2 aliphatic rings. The average Bonchev–Trinajstić information content (AvgIpc) is 3.50. The number of halogens is 1. The first-order valence-electron chi connectivity index (χ1n) is 10.8. The zero-order valence-electron chi connectivity index (χ0n) is 17.4. The molecule has 1 amide bonds. The molecule has 32 heavy (non-hydrogen) atoms. The molecular formula is C24H23FN4O3. The van der Waals surface area contributed by atoms with Crippen molar-refractivity contribution in [1.29, 1.82) is 0 Å². The van der Waals surface area contributed by atoms with E-state index in [9.17, 15) is 14.0 Å². The molecule has 1 spiro atoms. The Morgan fingerprint density at radius 1 is 1.12 bits per heavy atom. The highest BCUT2D eigenvalue weighted by Gasteiger charge is 2.59. The van der Waals surface area contributed by atoms with E-state index in [2.05, 4.69) is 20.3 Å². The Bertz CT molecular complexity index is 1160. The van der Waals surface area contributed by atoms with Crippen molar-refractivity contribution < 1.29 is 13.9 Å². The normalized spacial score (nSPS) is 24.2. The molecule has 0 unspecified atom stereocenters. The number of amides is 1. The molecule has 2 fully saturated rings. The minimum Gasteiger partial charge on any atom is -0.438 e. The number of H-pyrrole nitrogens is 1. The number of nitrogens with one attached hydrogen (secondary N) is 2. The first-order valence-corrected chi connectivity index (χ1v) is 10.8. The van der Waals surface area contributed by atoms with Crippen LogP contribution in [0.2, 0.25) is 0 Å². The van der Waals surface area contributed by atoms with Gasteiger partial charge in [0.1, 0.15) is 11.6 Å². The van der Waals surface area contributed by atoms with Gasteiger partial charge >= 0.3 is 0 Å². The Kier molecular flexibility index (Phi) is 5.20. The maximum absolute atomic E-state index is 13.0. The van der Waals surface area contributed by atoms with Gasteiger partial charge in [0.15, 0.2) is 5.82 Å². The molecule has 0 saturated heterocycles. The van der Waals surface area contributed by atoms with Gasteiger partial charge in [-0.3, -0.25) is 9.59 Å². The fourth-order valence-corrected chi connectivity index (χ4v) is 4.85. The number of anilines is 1. The van der Waals surface area contributed by atoms with Gasteiger partial charge in [0.2, 0.25) is 17.3 Å². The summed E-state index contributed by atoms with van der Waals surface area (Å²) in [4.78, 5) is 35.3. The number of benzene rings is 1. The molecule has 5 rings (SSSR count). The van der Waals surface area contributed by atoms with Gasteiger partial charge in [0, 0.05) is 18.2 Å². The first kappa shape index (κ1) is 20.4. The van der Waals surface area contributed by atoms with Crippen LogP contribution in [0, 0.1) is 17.2 Å². The van der Waals surface area contributed by atoms with Crippen molar-refractivity contribution in [3.63, 3.8) is 0 Å². The highest BCUT2D eigenvalue weighted by Crippen LogP contribution is 2.64.